The first kappa shape index (κ1) is 12.5. The number of hydrogen-bond donors (Lipinski definition) is 1. The van der Waals surface area contributed by atoms with Crippen molar-refractivity contribution in [3.63, 3.8) is 0 Å². The van der Waals surface area contributed by atoms with Crippen molar-refractivity contribution in [3.8, 4) is 5.75 Å². The Morgan fingerprint density at radius 3 is 2.83 bits per heavy atom. The first-order valence-corrected chi connectivity index (χ1v) is 5.58. The fraction of sp³-hybridized carbons (Fsp3) is 0.333. The minimum Gasteiger partial charge on any atom is -0.497 e. The Hall–Kier alpha value is -1.95. The third-order valence-corrected chi connectivity index (χ3v) is 2.62. The van der Waals surface area contributed by atoms with E-state index in [4.69, 9.17) is 10.5 Å². The van der Waals surface area contributed by atoms with Crippen molar-refractivity contribution in [1.82, 2.24) is 15.0 Å². The van der Waals surface area contributed by atoms with Crippen molar-refractivity contribution in [2.24, 2.45) is 5.73 Å². The molecule has 18 heavy (non-hydrogen) atoms. The number of nitrogens with two attached hydrogens (primary N) is 1. The first-order chi connectivity index (χ1) is 8.60. The zero-order valence-electron chi connectivity index (χ0n) is 10.3. The summed E-state index contributed by atoms with van der Waals surface area (Å²) < 4.78 is 20.2. The second-order valence-electron chi connectivity index (χ2n) is 4.09. The summed E-state index contributed by atoms with van der Waals surface area (Å²) in [5.74, 6) is 0.165. The highest BCUT2D eigenvalue weighted by Gasteiger charge is 2.08. The van der Waals surface area contributed by atoms with E-state index in [1.807, 2.05) is 6.92 Å². The highest BCUT2D eigenvalue weighted by atomic mass is 19.1. The van der Waals surface area contributed by atoms with Crippen molar-refractivity contribution < 1.29 is 9.13 Å². The molecule has 2 aromatic rings. The molecule has 2 rings (SSSR count). The summed E-state index contributed by atoms with van der Waals surface area (Å²) in [6, 6.07) is 4.54. The highest BCUT2D eigenvalue weighted by molar-refractivity contribution is 5.29. The zero-order valence-corrected chi connectivity index (χ0v) is 10.3. The van der Waals surface area contributed by atoms with Gasteiger partial charge in [-0.05, 0) is 13.0 Å². The Morgan fingerprint density at radius 1 is 1.50 bits per heavy atom. The molecule has 0 aliphatic rings. The van der Waals surface area contributed by atoms with Crippen LogP contribution in [0.4, 0.5) is 4.39 Å². The lowest BCUT2D eigenvalue weighted by molar-refractivity contribution is 0.410. The summed E-state index contributed by atoms with van der Waals surface area (Å²) in [6.45, 7) is 2.14. The standard InChI is InChI=1S/C12H15FN4O/c1-8(14)12-7-17(16-15-12)6-9-3-4-10(18-2)5-11(9)13/h3-5,7-8H,6,14H2,1-2H3. The molecule has 1 aromatic carbocycles. The molecule has 1 atom stereocenters. The molecule has 1 unspecified atom stereocenters. The van der Waals surface area contributed by atoms with Crippen molar-refractivity contribution in [2.45, 2.75) is 19.5 Å². The molecular formula is C12H15FN4O. The largest absolute Gasteiger partial charge is 0.497 e. The minimum absolute atomic E-state index is 0.181. The number of halogens is 1. The molecule has 0 radical (unpaired) electrons. The molecule has 5 nitrogen and oxygen atoms in total. The van der Waals surface area contributed by atoms with Crippen LogP contribution in [0.15, 0.2) is 24.4 Å². The number of nitrogens with zero attached hydrogens (tertiary/aromatic N) is 3. The predicted octanol–water partition coefficient (Wildman–Crippen LogP) is 1.49. The van der Waals surface area contributed by atoms with Gasteiger partial charge < -0.3 is 10.5 Å². The van der Waals surface area contributed by atoms with Crippen LogP contribution in [0.1, 0.15) is 24.2 Å². The van der Waals surface area contributed by atoms with E-state index in [9.17, 15) is 4.39 Å². The topological polar surface area (TPSA) is 66.0 Å². The third-order valence-electron chi connectivity index (χ3n) is 2.62. The van der Waals surface area contributed by atoms with Gasteiger partial charge in [0, 0.05) is 17.7 Å². The van der Waals surface area contributed by atoms with Crippen LogP contribution in [0.3, 0.4) is 0 Å². The van der Waals surface area contributed by atoms with Crippen LogP contribution in [0.5, 0.6) is 5.75 Å². The van der Waals surface area contributed by atoms with Crippen LogP contribution in [0.2, 0.25) is 0 Å². The summed E-state index contributed by atoms with van der Waals surface area (Å²) in [6.07, 6.45) is 1.72. The van der Waals surface area contributed by atoms with E-state index < -0.39 is 0 Å². The smallest absolute Gasteiger partial charge is 0.131 e. The van der Waals surface area contributed by atoms with Gasteiger partial charge in [0.25, 0.3) is 0 Å². The average Bonchev–Trinajstić information content (AvgIpc) is 2.80. The van der Waals surface area contributed by atoms with Gasteiger partial charge in [-0.3, -0.25) is 0 Å². The van der Waals surface area contributed by atoms with Crippen LogP contribution in [-0.2, 0) is 6.54 Å². The number of rotatable bonds is 4. The lowest BCUT2D eigenvalue weighted by Crippen LogP contribution is -2.05. The van der Waals surface area contributed by atoms with Gasteiger partial charge in [0.1, 0.15) is 11.6 Å². The van der Waals surface area contributed by atoms with Crippen LogP contribution in [0, 0.1) is 5.82 Å². The summed E-state index contributed by atoms with van der Waals surface area (Å²) in [5.41, 5.74) is 6.89. The first-order valence-electron chi connectivity index (χ1n) is 5.58. The lowest BCUT2D eigenvalue weighted by Gasteiger charge is -2.05. The maximum absolute atomic E-state index is 13.7. The molecule has 0 saturated carbocycles. The third kappa shape index (κ3) is 2.65. The van der Waals surface area contributed by atoms with Gasteiger partial charge >= 0.3 is 0 Å². The molecule has 6 heteroatoms. The van der Waals surface area contributed by atoms with Crippen LogP contribution in [0.25, 0.3) is 0 Å². The molecule has 0 bridgehead atoms. The average molecular weight is 250 g/mol. The fourth-order valence-electron chi connectivity index (χ4n) is 1.56. The SMILES string of the molecule is COc1ccc(Cn2cc(C(C)N)nn2)c(F)c1. The summed E-state index contributed by atoms with van der Waals surface area (Å²) >= 11 is 0. The fourth-order valence-corrected chi connectivity index (χ4v) is 1.56. The van der Waals surface area contributed by atoms with E-state index in [0.717, 1.165) is 0 Å². The molecule has 2 N–H and O–H groups in total. The van der Waals surface area contributed by atoms with Gasteiger partial charge in [-0.25, -0.2) is 9.07 Å². The highest BCUT2D eigenvalue weighted by Crippen LogP contribution is 2.17. The Balaban J connectivity index is 2.17. The Kier molecular flexibility index (Phi) is 3.57. The zero-order chi connectivity index (χ0) is 13.1. The molecular weight excluding hydrogens is 235 g/mol. The summed E-state index contributed by atoms with van der Waals surface area (Å²) in [4.78, 5) is 0. The van der Waals surface area contributed by atoms with Gasteiger partial charge in [-0.15, -0.1) is 5.10 Å². The molecule has 1 aromatic heterocycles. The molecule has 0 fully saturated rings. The van der Waals surface area contributed by atoms with E-state index in [-0.39, 0.29) is 11.9 Å². The molecule has 1 heterocycles. The van der Waals surface area contributed by atoms with E-state index in [2.05, 4.69) is 10.3 Å². The Labute approximate surface area is 104 Å². The Bertz CT molecular complexity index is 539. The second kappa shape index (κ2) is 5.14. The summed E-state index contributed by atoms with van der Waals surface area (Å²) in [5, 5.41) is 7.82. The van der Waals surface area contributed by atoms with Crippen molar-refractivity contribution >= 4 is 0 Å². The lowest BCUT2D eigenvalue weighted by atomic mass is 10.2. The van der Waals surface area contributed by atoms with Crippen LogP contribution in [-0.4, -0.2) is 22.1 Å². The van der Waals surface area contributed by atoms with E-state index in [1.54, 1.807) is 23.0 Å². The molecule has 0 spiro atoms. The molecule has 0 aliphatic carbocycles. The Morgan fingerprint density at radius 2 is 2.28 bits per heavy atom. The van der Waals surface area contributed by atoms with Gasteiger partial charge in [0.15, 0.2) is 0 Å². The van der Waals surface area contributed by atoms with Crippen molar-refractivity contribution in [2.75, 3.05) is 7.11 Å². The molecule has 0 aliphatic heterocycles. The number of aromatic nitrogens is 3. The number of hydrogen-bond acceptors (Lipinski definition) is 4. The maximum atomic E-state index is 13.7. The number of ether oxygens (including phenoxy) is 1. The van der Waals surface area contributed by atoms with Crippen molar-refractivity contribution in [3.05, 3.63) is 41.5 Å². The maximum Gasteiger partial charge on any atom is 0.131 e. The van der Waals surface area contributed by atoms with Crippen molar-refractivity contribution in [1.29, 1.82) is 0 Å². The van der Waals surface area contributed by atoms with E-state index in [0.29, 0.717) is 23.6 Å². The molecule has 0 saturated heterocycles. The monoisotopic (exact) mass is 250 g/mol. The van der Waals surface area contributed by atoms with Gasteiger partial charge in [0.05, 0.1) is 25.5 Å². The quantitative estimate of drug-likeness (QED) is 0.892. The summed E-state index contributed by atoms with van der Waals surface area (Å²) in [7, 11) is 1.50. The molecule has 96 valence electrons. The number of methoxy groups -OCH3 is 1. The van der Waals surface area contributed by atoms with Crippen LogP contribution >= 0.6 is 0 Å². The van der Waals surface area contributed by atoms with E-state index in [1.165, 1.54) is 13.2 Å². The van der Waals surface area contributed by atoms with Crippen LogP contribution < -0.4 is 10.5 Å². The van der Waals surface area contributed by atoms with E-state index >= 15 is 0 Å². The second-order valence-corrected chi connectivity index (χ2v) is 4.09. The normalized spacial score (nSPS) is 12.4. The van der Waals surface area contributed by atoms with Gasteiger partial charge in [0.2, 0.25) is 0 Å². The number of benzene rings is 1. The minimum atomic E-state index is -0.327. The predicted molar refractivity (Wildman–Crippen MR) is 64.7 cm³/mol. The molecule has 0 amide bonds. The van der Waals surface area contributed by atoms with Gasteiger partial charge in [-0.2, -0.15) is 0 Å². The van der Waals surface area contributed by atoms with Gasteiger partial charge in [-0.1, -0.05) is 11.3 Å².